The minimum absolute atomic E-state index is 0.321. The second-order valence-corrected chi connectivity index (χ2v) is 7.46. The fourth-order valence-corrected chi connectivity index (χ4v) is 3.47. The lowest BCUT2D eigenvalue weighted by atomic mass is 10.0. The average Bonchev–Trinajstić information content (AvgIpc) is 3.12. The van der Waals surface area contributed by atoms with E-state index in [-0.39, 0.29) is 5.97 Å². The van der Waals surface area contributed by atoms with Crippen LogP contribution in [0.15, 0.2) is 6.20 Å². The number of H-pyrrole nitrogens is 1. The van der Waals surface area contributed by atoms with Gasteiger partial charge in [0.1, 0.15) is 5.69 Å². The van der Waals surface area contributed by atoms with E-state index >= 15 is 0 Å². The lowest BCUT2D eigenvalue weighted by Gasteiger charge is -2.04. The van der Waals surface area contributed by atoms with E-state index in [1.54, 1.807) is 6.20 Å². The van der Waals surface area contributed by atoms with Crippen LogP contribution >= 0.6 is 0 Å². The molecule has 0 aliphatic carbocycles. The molecule has 1 heterocycles. The number of hydrogen-bond donors (Lipinski definition) is 1. The van der Waals surface area contributed by atoms with Crippen LogP contribution in [-0.2, 0) is 11.2 Å². The average molecular weight is 365 g/mol. The molecule has 4 nitrogen and oxygen atoms in total. The third-order valence-electron chi connectivity index (χ3n) is 5.16. The summed E-state index contributed by atoms with van der Waals surface area (Å²) in [6.45, 7) is 2.28. The predicted molar refractivity (Wildman–Crippen MR) is 109 cm³/mol. The van der Waals surface area contributed by atoms with E-state index in [1.807, 2.05) is 0 Å². The Morgan fingerprint density at radius 1 is 0.846 bits per heavy atom. The molecule has 0 spiro atoms. The number of hydrogen-bond acceptors (Lipinski definition) is 3. The summed E-state index contributed by atoms with van der Waals surface area (Å²) >= 11 is 0. The van der Waals surface area contributed by atoms with Crippen LogP contribution in [0.4, 0.5) is 0 Å². The molecule has 0 amide bonds. The van der Waals surface area contributed by atoms with Gasteiger partial charge in [0.25, 0.3) is 0 Å². The van der Waals surface area contributed by atoms with E-state index < -0.39 is 0 Å². The second kappa shape index (κ2) is 15.9. The molecule has 0 aliphatic rings. The van der Waals surface area contributed by atoms with Gasteiger partial charge < -0.3 is 4.74 Å². The van der Waals surface area contributed by atoms with Crippen LogP contribution < -0.4 is 0 Å². The van der Waals surface area contributed by atoms with Crippen molar-refractivity contribution in [2.45, 2.75) is 110 Å². The maximum absolute atomic E-state index is 11.6. The first kappa shape index (κ1) is 22.7. The zero-order chi connectivity index (χ0) is 18.9. The minimum Gasteiger partial charge on any atom is -0.464 e. The SMILES string of the molecule is CCCCCCCCCCCCCCCCCc1cn[nH]c1C(=O)OC. The van der Waals surface area contributed by atoms with Crippen LogP contribution in [-0.4, -0.2) is 23.3 Å². The first-order valence-corrected chi connectivity index (χ1v) is 10.9. The largest absolute Gasteiger partial charge is 0.464 e. The number of aromatic amines is 1. The Bertz CT molecular complexity index is 457. The number of ether oxygens (including phenoxy) is 1. The molecule has 0 fully saturated rings. The van der Waals surface area contributed by atoms with Crippen molar-refractivity contribution in [2.75, 3.05) is 7.11 Å². The monoisotopic (exact) mass is 364 g/mol. The van der Waals surface area contributed by atoms with Crippen LogP contribution in [0.25, 0.3) is 0 Å². The third-order valence-corrected chi connectivity index (χ3v) is 5.16. The first-order chi connectivity index (χ1) is 12.8. The number of esters is 1. The van der Waals surface area contributed by atoms with E-state index in [9.17, 15) is 4.79 Å². The zero-order valence-electron chi connectivity index (χ0n) is 17.2. The number of methoxy groups -OCH3 is 1. The van der Waals surface area contributed by atoms with Crippen molar-refractivity contribution < 1.29 is 9.53 Å². The van der Waals surface area contributed by atoms with Crippen molar-refractivity contribution in [3.05, 3.63) is 17.5 Å². The molecule has 0 bridgehead atoms. The highest BCUT2D eigenvalue weighted by Gasteiger charge is 2.13. The Hall–Kier alpha value is -1.32. The summed E-state index contributed by atoms with van der Waals surface area (Å²) in [5.41, 5.74) is 1.49. The normalized spacial score (nSPS) is 11.0. The van der Waals surface area contributed by atoms with Crippen molar-refractivity contribution in [2.24, 2.45) is 0 Å². The first-order valence-electron chi connectivity index (χ1n) is 10.9. The van der Waals surface area contributed by atoms with Gasteiger partial charge in [0.05, 0.1) is 13.3 Å². The van der Waals surface area contributed by atoms with Crippen molar-refractivity contribution >= 4 is 5.97 Å². The molecule has 0 atom stereocenters. The molecular formula is C22H40N2O2. The van der Waals surface area contributed by atoms with Crippen LogP contribution in [0.1, 0.15) is 119 Å². The number of unbranched alkanes of at least 4 members (excludes halogenated alkanes) is 14. The standard InChI is InChI=1S/C22H40N2O2/c1-3-4-5-6-7-8-9-10-11-12-13-14-15-16-17-18-20-19-23-24-21(20)22(25)26-2/h19H,3-18H2,1-2H3,(H,23,24). The summed E-state index contributed by atoms with van der Waals surface area (Å²) in [7, 11) is 1.40. The Morgan fingerprint density at radius 3 is 1.77 bits per heavy atom. The Labute approximate surface area is 160 Å². The van der Waals surface area contributed by atoms with Crippen molar-refractivity contribution in [3.63, 3.8) is 0 Å². The van der Waals surface area contributed by atoms with Gasteiger partial charge in [-0.25, -0.2) is 4.79 Å². The number of rotatable bonds is 17. The number of carbonyl (C=O) groups excluding carboxylic acids is 1. The summed E-state index contributed by atoms with van der Waals surface area (Å²) in [5, 5.41) is 6.69. The van der Waals surface area contributed by atoms with E-state index in [2.05, 4.69) is 17.1 Å². The van der Waals surface area contributed by atoms with Gasteiger partial charge in [0.2, 0.25) is 0 Å². The molecule has 1 aromatic rings. The molecule has 0 saturated carbocycles. The van der Waals surface area contributed by atoms with Gasteiger partial charge >= 0.3 is 5.97 Å². The number of aromatic nitrogens is 2. The molecule has 150 valence electrons. The highest BCUT2D eigenvalue weighted by Crippen LogP contribution is 2.15. The van der Waals surface area contributed by atoms with Gasteiger partial charge in [0, 0.05) is 5.56 Å². The summed E-state index contributed by atoms with van der Waals surface area (Å²) in [6.07, 6.45) is 23.1. The fraction of sp³-hybridized carbons (Fsp3) is 0.818. The van der Waals surface area contributed by atoms with E-state index in [0.717, 1.165) is 18.4 Å². The van der Waals surface area contributed by atoms with Gasteiger partial charge in [-0.1, -0.05) is 96.8 Å². The lowest BCUT2D eigenvalue weighted by Crippen LogP contribution is -2.05. The van der Waals surface area contributed by atoms with Gasteiger partial charge in [0.15, 0.2) is 0 Å². The van der Waals surface area contributed by atoms with Crippen LogP contribution in [0.5, 0.6) is 0 Å². The van der Waals surface area contributed by atoms with Gasteiger partial charge in [-0.2, -0.15) is 5.10 Å². The fourth-order valence-electron chi connectivity index (χ4n) is 3.47. The maximum Gasteiger partial charge on any atom is 0.356 e. The van der Waals surface area contributed by atoms with E-state index in [1.165, 1.54) is 97.0 Å². The Kier molecular flexibility index (Phi) is 13.9. The molecule has 0 unspecified atom stereocenters. The molecule has 0 radical (unpaired) electrons. The topological polar surface area (TPSA) is 55.0 Å². The van der Waals surface area contributed by atoms with Gasteiger partial charge in [-0.05, 0) is 12.8 Å². The summed E-state index contributed by atoms with van der Waals surface area (Å²) < 4.78 is 4.75. The van der Waals surface area contributed by atoms with Gasteiger partial charge in [-0.15, -0.1) is 0 Å². The highest BCUT2D eigenvalue weighted by atomic mass is 16.5. The van der Waals surface area contributed by atoms with Crippen LogP contribution in [0.3, 0.4) is 0 Å². The van der Waals surface area contributed by atoms with E-state index in [0.29, 0.717) is 5.69 Å². The number of nitrogens with zero attached hydrogens (tertiary/aromatic N) is 1. The Balaban J connectivity index is 1.85. The van der Waals surface area contributed by atoms with Crippen molar-refractivity contribution in [1.82, 2.24) is 10.2 Å². The summed E-state index contributed by atoms with van der Waals surface area (Å²) in [6, 6.07) is 0. The molecule has 1 rings (SSSR count). The maximum atomic E-state index is 11.6. The van der Waals surface area contributed by atoms with Crippen molar-refractivity contribution in [1.29, 1.82) is 0 Å². The third kappa shape index (κ3) is 10.6. The quantitative estimate of drug-likeness (QED) is 0.250. The van der Waals surface area contributed by atoms with Crippen LogP contribution in [0.2, 0.25) is 0 Å². The zero-order valence-corrected chi connectivity index (χ0v) is 17.2. The van der Waals surface area contributed by atoms with Crippen molar-refractivity contribution in [3.8, 4) is 0 Å². The molecular weight excluding hydrogens is 324 g/mol. The van der Waals surface area contributed by atoms with E-state index in [4.69, 9.17) is 4.74 Å². The molecule has 1 N–H and O–H groups in total. The highest BCUT2D eigenvalue weighted by molar-refractivity contribution is 5.88. The molecule has 1 aromatic heterocycles. The van der Waals surface area contributed by atoms with Crippen LogP contribution in [0, 0.1) is 0 Å². The molecule has 0 aliphatic heterocycles. The molecule has 4 heteroatoms. The number of carbonyl (C=O) groups is 1. The summed E-state index contributed by atoms with van der Waals surface area (Å²) in [4.78, 5) is 11.6. The second-order valence-electron chi connectivity index (χ2n) is 7.46. The van der Waals surface area contributed by atoms with Gasteiger partial charge in [-0.3, -0.25) is 5.10 Å². The Morgan fingerprint density at radius 2 is 1.31 bits per heavy atom. The smallest absolute Gasteiger partial charge is 0.356 e. The minimum atomic E-state index is -0.321. The number of nitrogens with one attached hydrogen (secondary N) is 1. The number of aryl methyl sites for hydroxylation is 1. The molecule has 26 heavy (non-hydrogen) atoms. The lowest BCUT2D eigenvalue weighted by molar-refractivity contribution is 0.0592. The summed E-state index contributed by atoms with van der Waals surface area (Å²) in [5.74, 6) is -0.321. The molecule has 0 aromatic carbocycles. The predicted octanol–water partition coefficient (Wildman–Crippen LogP) is 6.61. The molecule has 0 saturated heterocycles.